The van der Waals surface area contributed by atoms with Crippen LogP contribution in [0.1, 0.15) is 46.1 Å². The van der Waals surface area contributed by atoms with Crippen molar-refractivity contribution in [2.75, 3.05) is 11.4 Å². The number of anilines is 1. The Kier molecular flexibility index (Phi) is 4.58. The van der Waals surface area contributed by atoms with Crippen LogP contribution in [0.5, 0.6) is 0 Å². The second-order valence-electron chi connectivity index (χ2n) is 8.27. The molecular formula is C17H25ClN4O3. The standard InChI is InChI=1S/C17H25ClN4O3/c1-16(2,3)25-15(23)19-11-5-10-6-13(18)20-21-14(10)22(9-11)12-7-17(4,24)8-12/h6,11-12,24H,5,7-9H2,1-4H3,(H,19,23)/t11-,12?,17?/m1/s1. The van der Waals surface area contributed by atoms with E-state index in [0.29, 0.717) is 31.0 Å². The van der Waals surface area contributed by atoms with Crippen LogP contribution in [-0.2, 0) is 11.2 Å². The summed E-state index contributed by atoms with van der Waals surface area (Å²) in [6, 6.07) is 1.84. The van der Waals surface area contributed by atoms with Gasteiger partial charge in [-0.3, -0.25) is 0 Å². The third-order valence-electron chi connectivity index (χ3n) is 4.49. The molecule has 2 heterocycles. The van der Waals surface area contributed by atoms with Crippen molar-refractivity contribution in [1.82, 2.24) is 15.5 Å². The van der Waals surface area contributed by atoms with E-state index in [4.69, 9.17) is 16.3 Å². The molecule has 8 heteroatoms. The fraction of sp³-hybridized carbons (Fsp3) is 0.706. The molecule has 138 valence electrons. The minimum atomic E-state index is -0.643. The number of halogens is 1. The second kappa shape index (κ2) is 6.29. The van der Waals surface area contributed by atoms with Gasteiger partial charge in [-0.25, -0.2) is 4.79 Å². The van der Waals surface area contributed by atoms with E-state index in [0.717, 1.165) is 11.4 Å². The molecule has 1 saturated carbocycles. The third kappa shape index (κ3) is 4.33. The molecule has 3 rings (SSSR count). The van der Waals surface area contributed by atoms with Crippen molar-refractivity contribution in [1.29, 1.82) is 0 Å². The van der Waals surface area contributed by atoms with Gasteiger partial charge in [-0.15, -0.1) is 10.2 Å². The normalized spacial score (nSPS) is 28.8. The average molecular weight is 369 g/mol. The maximum atomic E-state index is 12.1. The number of fused-ring (bicyclic) bond motifs is 1. The number of nitrogens with one attached hydrogen (secondary N) is 1. The summed E-state index contributed by atoms with van der Waals surface area (Å²) in [5, 5.41) is 21.5. The zero-order valence-corrected chi connectivity index (χ0v) is 15.8. The summed E-state index contributed by atoms with van der Waals surface area (Å²) in [5.74, 6) is 0.784. The molecule has 1 fully saturated rings. The van der Waals surface area contributed by atoms with E-state index in [1.807, 2.05) is 27.7 Å². The molecule has 1 aliphatic heterocycles. The van der Waals surface area contributed by atoms with Crippen LogP contribution in [0.4, 0.5) is 10.6 Å². The number of nitrogens with zero attached hydrogens (tertiary/aromatic N) is 3. The highest BCUT2D eigenvalue weighted by molar-refractivity contribution is 6.29. The van der Waals surface area contributed by atoms with E-state index in [1.54, 1.807) is 6.07 Å². The zero-order valence-electron chi connectivity index (χ0n) is 15.0. The molecule has 0 bridgehead atoms. The molecule has 2 aliphatic rings. The summed E-state index contributed by atoms with van der Waals surface area (Å²) in [4.78, 5) is 14.2. The van der Waals surface area contributed by atoms with Crippen molar-refractivity contribution in [2.24, 2.45) is 0 Å². The van der Waals surface area contributed by atoms with Gasteiger partial charge in [0.15, 0.2) is 11.0 Å². The molecule has 25 heavy (non-hydrogen) atoms. The van der Waals surface area contributed by atoms with Crippen molar-refractivity contribution >= 4 is 23.5 Å². The Morgan fingerprint density at radius 2 is 2.12 bits per heavy atom. The van der Waals surface area contributed by atoms with Crippen LogP contribution in [0.25, 0.3) is 0 Å². The van der Waals surface area contributed by atoms with E-state index >= 15 is 0 Å². The van der Waals surface area contributed by atoms with Crippen LogP contribution >= 0.6 is 11.6 Å². The Hall–Kier alpha value is -1.60. The fourth-order valence-corrected chi connectivity index (χ4v) is 3.68. The van der Waals surface area contributed by atoms with Gasteiger partial charge in [0, 0.05) is 18.2 Å². The molecule has 1 atom stereocenters. The van der Waals surface area contributed by atoms with Crippen LogP contribution < -0.4 is 10.2 Å². The predicted octanol–water partition coefficient (Wildman–Crippen LogP) is 2.30. The first kappa shape index (κ1) is 18.2. The van der Waals surface area contributed by atoms with E-state index in [1.165, 1.54) is 0 Å². The van der Waals surface area contributed by atoms with E-state index in [9.17, 15) is 9.90 Å². The van der Waals surface area contributed by atoms with E-state index < -0.39 is 17.3 Å². The number of carbonyl (C=O) groups is 1. The Morgan fingerprint density at radius 3 is 2.72 bits per heavy atom. The van der Waals surface area contributed by atoms with Crippen molar-refractivity contribution in [3.05, 3.63) is 16.8 Å². The number of hydrogen-bond acceptors (Lipinski definition) is 6. The van der Waals surface area contributed by atoms with Crippen LogP contribution in [-0.4, -0.2) is 51.2 Å². The smallest absolute Gasteiger partial charge is 0.407 e. The van der Waals surface area contributed by atoms with Gasteiger partial charge in [-0.2, -0.15) is 0 Å². The van der Waals surface area contributed by atoms with Crippen LogP contribution in [0.2, 0.25) is 5.15 Å². The topological polar surface area (TPSA) is 87.6 Å². The monoisotopic (exact) mass is 368 g/mol. The molecule has 0 spiro atoms. The van der Waals surface area contributed by atoms with Gasteiger partial charge in [0.1, 0.15) is 5.60 Å². The molecule has 1 aromatic heterocycles. The van der Waals surface area contributed by atoms with E-state index in [-0.39, 0.29) is 12.1 Å². The highest BCUT2D eigenvalue weighted by atomic mass is 35.5. The van der Waals surface area contributed by atoms with Crippen molar-refractivity contribution < 1.29 is 14.6 Å². The summed E-state index contributed by atoms with van der Waals surface area (Å²) >= 11 is 5.99. The molecule has 0 aromatic carbocycles. The lowest BCUT2D eigenvalue weighted by molar-refractivity contribution is -0.0319. The summed E-state index contributed by atoms with van der Waals surface area (Å²) < 4.78 is 5.36. The maximum absolute atomic E-state index is 12.1. The first-order chi connectivity index (χ1) is 11.5. The SMILES string of the molecule is CC1(O)CC(N2C[C@H](NC(=O)OC(C)(C)C)Cc3cc(Cl)nnc32)C1. The Morgan fingerprint density at radius 1 is 1.44 bits per heavy atom. The minimum absolute atomic E-state index is 0.117. The maximum Gasteiger partial charge on any atom is 0.407 e. The zero-order chi connectivity index (χ0) is 18.4. The predicted molar refractivity (Wildman–Crippen MR) is 94.9 cm³/mol. The second-order valence-corrected chi connectivity index (χ2v) is 8.66. The largest absolute Gasteiger partial charge is 0.444 e. The summed E-state index contributed by atoms with van der Waals surface area (Å²) in [7, 11) is 0. The highest BCUT2D eigenvalue weighted by Gasteiger charge is 2.44. The Bertz CT molecular complexity index is 666. The number of aliphatic hydroxyl groups is 1. The lowest BCUT2D eigenvalue weighted by atomic mass is 9.75. The lowest BCUT2D eigenvalue weighted by Gasteiger charge is -2.49. The summed E-state index contributed by atoms with van der Waals surface area (Å²) in [6.07, 6.45) is 1.50. The highest BCUT2D eigenvalue weighted by Crippen LogP contribution is 2.39. The van der Waals surface area contributed by atoms with Crippen molar-refractivity contribution in [3.63, 3.8) is 0 Å². The molecular weight excluding hydrogens is 344 g/mol. The number of aromatic nitrogens is 2. The van der Waals surface area contributed by atoms with Crippen LogP contribution in [0.15, 0.2) is 6.07 Å². The van der Waals surface area contributed by atoms with Crippen LogP contribution in [0, 0.1) is 0 Å². The number of rotatable bonds is 2. The van der Waals surface area contributed by atoms with Crippen LogP contribution in [0.3, 0.4) is 0 Å². The third-order valence-corrected chi connectivity index (χ3v) is 4.67. The molecule has 1 aromatic rings. The number of amides is 1. The molecule has 0 radical (unpaired) electrons. The number of carbonyl (C=O) groups excluding carboxylic acids is 1. The fourth-order valence-electron chi connectivity index (χ4n) is 3.51. The molecule has 2 N–H and O–H groups in total. The number of hydrogen-bond donors (Lipinski definition) is 2. The molecule has 0 unspecified atom stereocenters. The number of ether oxygens (including phenoxy) is 1. The number of alkyl carbamates (subject to hydrolysis) is 1. The molecule has 1 amide bonds. The van der Waals surface area contributed by atoms with Crippen molar-refractivity contribution in [3.8, 4) is 0 Å². The minimum Gasteiger partial charge on any atom is -0.444 e. The average Bonchev–Trinajstić information content (AvgIpc) is 2.41. The van der Waals surface area contributed by atoms with Gasteiger partial charge in [0.2, 0.25) is 0 Å². The van der Waals surface area contributed by atoms with Gasteiger partial charge in [0.05, 0.1) is 11.6 Å². The van der Waals surface area contributed by atoms with E-state index in [2.05, 4.69) is 20.4 Å². The summed E-state index contributed by atoms with van der Waals surface area (Å²) in [6.45, 7) is 7.93. The molecule has 1 aliphatic carbocycles. The first-order valence-electron chi connectivity index (χ1n) is 8.53. The van der Waals surface area contributed by atoms with Gasteiger partial charge in [-0.05, 0) is 53.0 Å². The van der Waals surface area contributed by atoms with Gasteiger partial charge < -0.3 is 20.1 Å². The van der Waals surface area contributed by atoms with Gasteiger partial charge in [0.25, 0.3) is 0 Å². The van der Waals surface area contributed by atoms with Crippen molar-refractivity contribution in [2.45, 2.75) is 70.2 Å². The first-order valence-corrected chi connectivity index (χ1v) is 8.91. The Balaban J connectivity index is 1.76. The summed E-state index contributed by atoms with van der Waals surface area (Å²) in [5.41, 5.74) is -0.243. The quantitative estimate of drug-likeness (QED) is 0.832. The lowest BCUT2D eigenvalue weighted by Crippen LogP contribution is -2.59. The van der Waals surface area contributed by atoms with Gasteiger partial charge >= 0.3 is 6.09 Å². The Labute approximate surface area is 152 Å². The van der Waals surface area contributed by atoms with Gasteiger partial charge in [-0.1, -0.05) is 11.6 Å². The molecule has 0 saturated heterocycles. The molecule has 7 nitrogen and oxygen atoms in total.